The van der Waals surface area contributed by atoms with E-state index >= 15 is 0 Å². The van der Waals surface area contributed by atoms with Gasteiger partial charge in [0.25, 0.3) is 11.8 Å². The number of unbranched alkanes of at least 4 members (excludes halogenated alkanes) is 1. The summed E-state index contributed by atoms with van der Waals surface area (Å²) in [5, 5.41) is 2.54. The molecule has 1 aromatic carbocycles. The lowest BCUT2D eigenvalue weighted by atomic mass is 9.87. The van der Waals surface area contributed by atoms with Crippen LogP contribution in [0.2, 0.25) is 0 Å². The first kappa shape index (κ1) is 29.2. The van der Waals surface area contributed by atoms with Crippen LogP contribution in [0.1, 0.15) is 85.0 Å². The second-order valence-electron chi connectivity index (χ2n) is 10.8. The third kappa shape index (κ3) is 8.33. The fourth-order valence-electron chi connectivity index (χ4n) is 4.53. The maximum Gasteiger partial charge on any atom is 0.410 e. The lowest BCUT2D eigenvalue weighted by molar-refractivity contribution is -0.112. The number of ether oxygens (including phenoxy) is 1. The van der Waals surface area contributed by atoms with Crippen LogP contribution in [0, 0.1) is 5.92 Å². The van der Waals surface area contributed by atoms with E-state index in [0.717, 1.165) is 10.5 Å². The van der Waals surface area contributed by atoms with Gasteiger partial charge in [0, 0.05) is 43.6 Å². The lowest BCUT2D eigenvalue weighted by Crippen LogP contribution is -2.51. The molecule has 2 amide bonds. The Labute approximate surface area is 223 Å². The van der Waals surface area contributed by atoms with Crippen molar-refractivity contribution >= 4 is 17.8 Å². The summed E-state index contributed by atoms with van der Waals surface area (Å²) < 4.78 is 34.8. The number of rotatable bonds is 9. The number of nitrogens with zero attached hydrogens (tertiary/aromatic N) is 2. The van der Waals surface area contributed by atoms with Crippen LogP contribution in [-0.2, 0) is 11.2 Å². The molecule has 1 atom stereocenters. The average molecular weight is 530 g/mol. The van der Waals surface area contributed by atoms with Gasteiger partial charge in [-0.2, -0.15) is 0 Å². The summed E-state index contributed by atoms with van der Waals surface area (Å²) in [6.07, 6.45) is 1.30. The van der Waals surface area contributed by atoms with Crippen LogP contribution in [-0.4, -0.2) is 59.3 Å². The van der Waals surface area contributed by atoms with E-state index in [4.69, 9.17) is 4.74 Å². The van der Waals surface area contributed by atoms with Crippen LogP contribution in [0.5, 0.6) is 0 Å². The van der Waals surface area contributed by atoms with Crippen molar-refractivity contribution in [2.45, 2.75) is 70.8 Å². The number of amides is 2. The van der Waals surface area contributed by atoms with Gasteiger partial charge >= 0.3 is 6.09 Å². The van der Waals surface area contributed by atoms with E-state index in [1.807, 2.05) is 30.3 Å². The van der Waals surface area contributed by atoms with Crippen molar-refractivity contribution in [3.8, 4) is 0 Å². The number of carbonyl (C=O) groups excluding carboxylic acids is 3. The Morgan fingerprint density at radius 1 is 1.13 bits per heavy atom. The predicted octanol–water partition coefficient (Wildman–Crippen LogP) is 5.67. The van der Waals surface area contributed by atoms with Gasteiger partial charge in [-0.05, 0) is 57.7 Å². The number of hydrogen-bond acceptors (Lipinski definition) is 5. The maximum absolute atomic E-state index is 14.8. The second-order valence-corrected chi connectivity index (χ2v) is 10.8. The number of alkyl halides is 2. The van der Waals surface area contributed by atoms with Crippen molar-refractivity contribution in [1.29, 1.82) is 0 Å². The van der Waals surface area contributed by atoms with Gasteiger partial charge in [-0.3, -0.25) is 9.59 Å². The molecule has 206 valence electrons. The van der Waals surface area contributed by atoms with Crippen LogP contribution < -0.4 is 5.32 Å². The molecule has 1 fully saturated rings. The summed E-state index contributed by atoms with van der Waals surface area (Å²) in [6.45, 7) is 4.66. The number of benzene rings is 1. The molecule has 1 aromatic heterocycles. The van der Waals surface area contributed by atoms with Crippen molar-refractivity contribution in [3.05, 3.63) is 65.0 Å². The number of piperidine rings is 1. The van der Waals surface area contributed by atoms with Gasteiger partial charge in [0.15, 0.2) is 5.78 Å². The highest BCUT2D eigenvalue weighted by molar-refractivity contribution is 5.99. The molecule has 38 heavy (non-hydrogen) atoms. The van der Waals surface area contributed by atoms with E-state index in [-0.39, 0.29) is 43.2 Å². The number of ketones is 1. The Hall–Kier alpha value is -3.36. The van der Waals surface area contributed by atoms with Crippen LogP contribution in [0.15, 0.2) is 42.5 Å². The van der Waals surface area contributed by atoms with E-state index < -0.39 is 30.1 Å². The van der Waals surface area contributed by atoms with Crippen molar-refractivity contribution in [3.63, 3.8) is 0 Å². The average Bonchev–Trinajstić information content (AvgIpc) is 2.85. The first-order chi connectivity index (χ1) is 17.9. The molecule has 0 aliphatic carbocycles. The molecule has 1 N–H and O–H groups in total. The Kier molecular flexibility index (Phi) is 9.57. The number of likely N-dealkylation sites (tertiary alicyclic amines) is 1. The second kappa shape index (κ2) is 12.5. The number of pyridine rings is 1. The third-order valence-corrected chi connectivity index (χ3v) is 6.49. The molecule has 0 radical (unpaired) electrons. The zero-order valence-electron chi connectivity index (χ0n) is 22.6. The topological polar surface area (TPSA) is 88.6 Å². The van der Waals surface area contributed by atoms with Crippen molar-refractivity contribution in [2.24, 2.45) is 5.92 Å². The van der Waals surface area contributed by atoms with E-state index in [0.29, 0.717) is 30.5 Å². The molecule has 1 unspecified atom stereocenters. The number of aromatic nitrogens is 1. The molecule has 0 saturated carbocycles. The SMILES string of the molecule is CNC(=O)c1cc(C(=O)CCCCC2CCN(C(=O)OC(C)(C)C)CC2(F)F)cc(Cc2ccccc2)n1. The zero-order chi connectivity index (χ0) is 27.9. The summed E-state index contributed by atoms with van der Waals surface area (Å²) in [6, 6.07) is 12.8. The third-order valence-electron chi connectivity index (χ3n) is 6.49. The Bertz CT molecular complexity index is 1130. The molecule has 2 aromatic rings. The number of hydrogen-bond donors (Lipinski definition) is 1. The first-order valence-corrected chi connectivity index (χ1v) is 13.0. The maximum atomic E-state index is 14.8. The predicted molar refractivity (Wildman–Crippen MR) is 141 cm³/mol. The lowest BCUT2D eigenvalue weighted by Gasteiger charge is -2.38. The van der Waals surface area contributed by atoms with Crippen LogP contribution in [0.4, 0.5) is 13.6 Å². The molecule has 2 heterocycles. The minimum Gasteiger partial charge on any atom is -0.444 e. The molecule has 1 saturated heterocycles. The summed E-state index contributed by atoms with van der Waals surface area (Å²) in [5.41, 5.74) is 1.43. The van der Waals surface area contributed by atoms with Crippen molar-refractivity contribution < 1.29 is 27.9 Å². The molecular formula is C29H37F2N3O4. The molecule has 7 nitrogen and oxygen atoms in total. The first-order valence-electron chi connectivity index (χ1n) is 13.0. The van der Waals surface area contributed by atoms with Gasteiger partial charge in [-0.25, -0.2) is 18.6 Å². The minimum atomic E-state index is -3.01. The largest absolute Gasteiger partial charge is 0.444 e. The van der Waals surface area contributed by atoms with Crippen LogP contribution in [0.25, 0.3) is 0 Å². The number of Topliss-reactive ketones (excluding diaryl/α,β-unsaturated/α-hetero) is 1. The Morgan fingerprint density at radius 3 is 2.47 bits per heavy atom. The molecule has 0 spiro atoms. The van der Waals surface area contributed by atoms with Crippen molar-refractivity contribution in [2.75, 3.05) is 20.1 Å². The molecule has 3 rings (SSSR count). The van der Waals surface area contributed by atoms with E-state index in [9.17, 15) is 23.2 Å². The van der Waals surface area contributed by atoms with Gasteiger partial charge in [-0.15, -0.1) is 0 Å². The fourth-order valence-corrected chi connectivity index (χ4v) is 4.53. The van der Waals surface area contributed by atoms with E-state index in [1.54, 1.807) is 26.8 Å². The fraction of sp³-hybridized carbons (Fsp3) is 0.517. The Balaban J connectivity index is 1.56. The normalized spacial score (nSPS) is 17.1. The highest BCUT2D eigenvalue weighted by Crippen LogP contribution is 2.36. The summed E-state index contributed by atoms with van der Waals surface area (Å²) in [4.78, 5) is 42.9. The Morgan fingerprint density at radius 2 is 1.84 bits per heavy atom. The van der Waals surface area contributed by atoms with Gasteiger partial charge in [0.1, 0.15) is 11.3 Å². The summed E-state index contributed by atoms with van der Waals surface area (Å²) >= 11 is 0. The number of halogens is 2. The molecular weight excluding hydrogens is 492 g/mol. The summed E-state index contributed by atoms with van der Waals surface area (Å²) in [7, 11) is 1.50. The van der Waals surface area contributed by atoms with Crippen LogP contribution >= 0.6 is 0 Å². The highest BCUT2D eigenvalue weighted by atomic mass is 19.3. The quantitative estimate of drug-likeness (QED) is 0.334. The van der Waals surface area contributed by atoms with Gasteiger partial charge in [0.2, 0.25) is 0 Å². The molecule has 9 heteroatoms. The smallest absolute Gasteiger partial charge is 0.410 e. The monoisotopic (exact) mass is 529 g/mol. The number of carbonyl (C=O) groups is 3. The van der Waals surface area contributed by atoms with Crippen LogP contribution in [0.3, 0.4) is 0 Å². The summed E-state index contributed by atoms with van der Waals surface area (Å²) in [5.74, 6) is -4.40. The van der Waals surface area contributed by atoms with Crippen molar-refractivity contribution in [1.82, 2.24) is 15.2 Å². The van der Waals surface area contributed by atoms with Gasteiger partial charge < -0.3 is 15.0 Å². The molecule has 1 aliphatic rings. The number of nitrogens with one attached hydrogen (secondary N) is 1. The zero-order valence-corrected chi connectivity index (χ0v) is 22.6. The molecule has 0 bridgehead atoms. The minimum absolute atomic E-state index is 0.154. The van der Waals surface area contributed by atoms with Gasteiger partial charge in [0.05, 0.1) is 6.54 Å². The van der Waals surface area contributed by atoms with E-state index in [1.165, 1.54) is 13.1 Å². The van der Waals surface area contributed by atoms with Gasteiger partial charge in [-0.1, -0.05) is 36.8 Å². The molecule has 1 aliphatic heterocycles. The highest BCUT2D eigenvalue weighted by Gasteiger charge is 2.46. The van der Waals surface area contributed by atoms with E-state index in [2.05, 4.69) is 10.3 Å². The standard InChI is InChI=1S/C29H37F2N3O4/c1-28(2,3)38-27(37)34-15-14-22(29(30,31)19-34)12-8-9-13-25(35)21-17-23(16-20-10-6-5-7-11-20)33-24(18-21)26(36)32-4/h5-7,10-11,17-18,22H,8-9,12-16,19H2,1-4H3,(H,32,36).